The van der Waals surface area contributed by atoms with Crippen LogP contribution in [0.2, 0.25) is 0 Å². The van der Waals surface area contributed by atoms with Crippen molar-refractivity contribution < 1.29 is 18.6 Å². The number of hydrogen-bond donors (Lipinski definition) is 0. The molecular formula is C21H26O5. The largest absolute Gasteiger partial charge is 0.492 e. The molecule has 0 radical (unpaired) electrons. The first-order valence-electron chi connectivity index (χ1n) is 8.57. The van der Waals surface area contributed by atoms with E-state index in [-0.39, 0.29) is 5.75 Å². The molecule has 5 heteroatoms. The number of ether oxygens (including phenoxy) is 3. The number of allylic oxidation sites excluding steroid dienone is 3. The molecule has 1 heterocycles. The highest BCUT2D eigenvalue weighted by molar-refractivity contribution is 5.91. The van der Waals surface area contributed by atoms with Gasteiger partial charge in [0.05, 0.1) is 14.2 Å². The van der Waals surface area contributed by atoms with Gasteiger partial charge in [-0.25, -0.2) is 4.79 Å². The van der Waals surface area contributed by atoms with E-state index in [0.29, 0.717) is 29.1 Å². The van der Waals surface area contributed by atoms with Crippen LogP contribution in [0, 0.1) is 0 Å². The molecular weight excluding hydrogens is 332 g/mol. The van der Waals surface area contributed by atoms with Gasteiger partial charge in [-0.3, -0.25) is 0 Å². The predicted molar refractivity (Wildman–Crippen MR) is 104 cm³/mol. The summed E-state index contributed by atoms with van der Waals surface area (Å²) in [6.07, 6.45) is 6.30. The average molecular weight is 358 g/mol. The lowest BCUT2D eigenvalue weighted by Gasteiger charge is -2.12. The smallest absolute Gasteiger partial charge is 0.383 e. The normalized spacial score (nSPS) is 11.3. The molecule has 5 nitrogen and oxygen atoms in total. The molecule has 0 N–H and O–H groups in total. The highest BCUT2D eigenvalue weighted by Gasteiger charge is 2.19. The van der Waals surface area contributed by atoms with Gasteiger partial charge >= 0.3 is 5.63 Å². The molecule has 0 aliphatic heterocycles. The van der Waals surface area contributed by atoms with Crippen LogP contribution in [0.25, 0.3) is 11.0 Å². The molecule has 0 amide bonds. The van der Waals surface area contributed by atoms with Crippen molar-refractivity contribution in [2.45, 2.75) is 33.6 Å². The van der Waals surface area contributed by atoms with Crippen LogP contribution >= 0.6 is 0 Å². The molecule has 0 saturated carbocycles. The fourth-order valence-corrected chi connectivity index (χ4v) is 2.63. The summed E-state index contributed by atoms with van der Waals surface area (Å²) >= 11 is 0. The first-order valence-corrected chi connectivity index (χ1v) is 8.57. The Kier molecular flexibility index (Phi) is 6.89. The molecule has 2 rings (SSSR count). The Balaban J connectivity index is 2.25. The molecule has 0 aliphatic rings. The molecule has 2 aromatic rings. The van der Waals surface area contributed by atoms with E-state index in [0.717, 1.165) is 12.8 Å². The molecule has 0 bridgehead atoms. The summed E-state index contributed by atoms with van der Waals surface area (Å²) in [4.78, 5) is 12.0. The van der Waals surface area contributed by atoms with Gasteiger partial charge in [-0.15, -0.1) is 0 Å². The Labute approximate surface area is 153 Å². The van der Waals surface area contributed by atoms with Crippen molar-refractivity contribution >= 4 is 11.0 Å². The molecule has 0 fully saturated rings. The van der Waals surface area contributed by atoms with Crippen LogP contribution in [0.3, 0.4) is 0 Å². The second-order valence-corrected chi connectivity index (χ2v) is 6.27. The van der Waals surface area contributed by atoms with Gasteiger partial charge in [-0.05, 0) is 51.8 Å². The van der Waals surface area contributed by atoms with Gasteiger partial charge in [0.25, 0.3) is 0 Å². The lowest BCUT2D eigenvalue weighted by molar-refractivity contribution is 0.333. The second-order valence-electron chi connectivity index (χ2n) is 6.27. The van der Waals surface area contributed by atoms with Crippen molar-refractivity contribution in [3.63, 3.8) is 0 Å². The van der Waals surface area contributed by atoms with Crippen LogP contribution in [0.1, 0.15) is 33.6 Å². The van der Waals surface area contributed by atoms with Crippen LogP contribution < -0.4 is 19.8 Å². The van der Waals surface area contributed by atoms with Crippen molar-refractivity contribution in [2.24, 2.45) is 0 Å². The monoisotopic (exact) mass is 358 g/mol. The van der Waals surface area contributed by atoms with E-state index < -0.39 is 5.63 Å². The predicted octanol–water partition coefficient (Wildman–Crippen LogP) is 4.88. The van der Waals surface area contributed by atoms with Gasteiger partial charge in [-0.1, -0.05) is 23.3 Å². The van der Waals surface area contributed by atoms with Crippen molar-refractivity contribution in [2.75, 3.05) is 20.8 Å². The molecule has 1 aromatic heterocycles. The SMILES string of the molecule is COc1c(OC)c2c(OCC=C(C)CCC=C(C)C)cccc2oc1=O. The molecule has 0 aliphatic carbocycles. The number of hydrogen-bond acceptors (Lipinski definition) is 5. The van der Waals surface area contributed by atoms with E-state index in [1.54, 1.807) is 12.1 Å². The summed E-state index contributed by atoms with van der Waals surface area (Å²) in [7, 11) is 2.89. The quantitative estimate of drug-likeness (QED) is 0.497. The molecule has 0 saturated heterocycles. The molecule has 1 aromatic carbocycles. The topological polar surface area (TPSA) is 57.9 Å². The van der Waals surface area contributed by atoms with Gasteiger partial charge < -0.3 is 18.6 Å². The van der Waals surface area contributed by atoms with Crippen molar-refractivity contribution in [1.29, 1.82) is 0 Å². The van der Waals surface area contributed by atoms with Crippen LogP contribution in [0.4, 0.5) is 0 Å². The lowest BCUT2D eigenvalue weighted by atomic mass is 10.1. The zero-order valence-corrected chi connectivity index (χ0v) is 16.0. The summed E-state index contributed by atoms with van der Waals surface area (Å²) < 4.78 is 21.7. The number of methoxy groups -OCH3 is 2. The van der Waals surface area contributed by atoms with Gasteiger partial charge in [0, 0.05) is 0 Å². The third-order valence-electron chi connectivity index (χ3n) is 3.98. The first-order chi connectivity index (χ1) is 12.5. The fraction of sp³-hybridized carbons (Fsp3) is 0.381. The maximum atomic E-state index is 12.0. The Hall–Kier alpha value is -2.69. The minimum absolute atomic E-state index is 0.0319. The van der Waals surface area contributed by atoms with Crippen LogP contribution in [0.15, 0.2) is 50.7 Å². The standard InChI is InChI=1S/C21H26O5/c1-14(2)8-6-9-15(3)12-13-25-16-10-7-11-17-18(16)19(23-4)20(24-5)21(22)26-17/h7-8,10-12H,6,9,13H2,1-5H3. The van der Waals surface area contributed by atoms with Crippen LogP contribution in [-0.2, 0) is 0 Å². The summed E-state index contributed by atoms with van der Waals surface area (Å²) in [5.74, 6) is 0.929. The zero-order chi connectivity index (χ0) is 19.1. The Morgan fingerprint density at radius 3 is 2.46 bits per heavy atom. The van der Waals surface area contributed by atoms with Gasteiger partial charge in [0.1, 0.15) is 23.3 Å². The minimum atomic E-state index is -0.580. The number of fused-ring (bicyclic) bond motifs is 1. The Bertz CT molecular complexity index is 870. The minimum Gasteiger partial charge on any atom is -0.492 e. The molecule has 140 valence electrons. The number of rotatable bonds is 8. The first kappa shape index (κ1) is 19.6. The lowest BCUT2D eigenvalue weighted by Crippen LogP contribution is -2.07. The zero-order valence-electron chi connectivity index (χ0n) is 16.0. The fourth-order valence-electron chi connectivity index (χ4n) is 2.63. The Morgan fingerprint density at radius 2 is 1.81 bits per heavy atom. The summed E-state index contributed by atoms with van der Waals surface area (Å²) in [5.41, 5.74) is 2.41. The molecule has 26 heavy (non-hydrogen) atoms. The van der Waals surface area contributed by atoms with E-state index in [1.807, 2.05) is 6.07 Å². The van der Waals surface area contributed by atoms with E-state index in [4.69, 9.17) is 18.6 Å². The summed E-state index contributed by atoms with van der Waals surface area (Å²) in [6.45, 7) is 6.71. The summed E-state index contributed by atoms with van der Waals surface area (Å²) in [5, 5.41) is 0.585. The molecule has 0 unspecified atom stereocenters. The molecule has 0 spiro atoms. The van der Waals surface area contributed by atoms with E-state index in [1.165, 1.54) is 25.4 Å². The summed E-state index contributed by atoms with van der Waals surface area (Å²) in [6, 6.07) is 5.29. The van der Waals surface area contributed by atoms with E-state index in [9.17, 15) is 4.79 Å². The van der Waals surface area contributed by atoms with Gasteiger partial charge in [0.2, 0.25) is 5.75 Å². The van der Waals surface area contributed by atoms with Crippen molar-refractivity contribution in [3.05, 3.63) is 51.9 Å². The molecule has 0 atom stereocenters. The van der Waals surface area contributed by atoms with Crippen molar-refractivity contribution in [1.82, 2.24) is 0 Å². The third-order valence-corrected chi connectivity index (χ3v) is 3.98. The second kappa shape index (κ2) is 9.13. The maximum Gasteiger partial charge on any atom is 0.383 e. The third kappa shape index (κ3) is 4.69. The van der Waals surface area contributed by atoms with Crippen molar-refractivity contribution in [3.8, 4) is 17.2 Å². The maximum absolute atomic E-state index is 12.0. The average Bonchev–Trinajstić information content (AvgIpc) is 2.60. The van der Waals surface area contributed by atoms with Gasteiger partial charge in [-0.2, -0.15) is 0 Å². The van der Waals surface area contributed by atoms with Crippen LogP contribution in [-0.4, -0.2) is 20.8 Å². The number of benzene rings is 1. The van der Waals surface area contributed by atoms with Crippen LogP contribution in [0.5, 0.6) is 17.2 Å². The van der Waals surface area contributed by atoms with E-state index in [2.05, 4.69) is 32.9 Å². The Morgan fingerprint density at radius 1 is 1.08 bits per heavy atom. The van der Waals surface area contributed by atoms with Gasteiger partial charge in [0.15, 0.2) is 5.75 Å². The van der Waals surface area contributed by atoms with E-state index >= 15 is 0 Å². The highest BCUT2D eigenvalue weighted by Crippen LogP contribution is 2.38. The highest BCUT2D eigenvalue weighted by atomic mass is 16.5.